The van der Waals surface area contributed by atoms with E-state index in [1.807, 2.05) is 38.1 Å². The number of hydrogen-bond acceptors (Lipinski definition) is 3. The summed E-state index contributed by atoms with van der Waals surface area (Å²) < 4.78 is 30.2. The smallest absolute Gasteiger partial charge is 0.251 e. The van der Waals surface area contributed by atoms with Gasteiger partial charge in [0.1, 0.15) is 5.75 Å². The highest BCUT2D eigenvalue weighted by Gasteiger charge is 2.15. The lowest BCUT2D eigenvalue weighted by atomic mass is 10.1. The fourth-order valence-corrected chi connectivity index (χ4v) is 2.12. The summed E-state index contributed by atoms with van der Waals surface area (Å²) in [7, 11) is 1.71. The first-order valence-electron chi connectivity index (χ1n) is 6.99. The molecule has 0 spiro atoms. The fraction of sp³-hybridized carbons (Fsp3) is 0.600. The van der Waals surface area contributed by atoms with Crippen molar-refractivity contribution < 1.29 is 13.5 Å². The summed E-state index contributed by atoms with van der Waals surface area (Å²) in [5.74, 6) is 0.826. The molecule has 1 unspecified atom stereocenters. The average molecular weight is 286 g/mol. The Balaban J connectivity index is 2.69. The predicted molar refractivity (Wildman–Crippen MR) is 77.5 cm³/mol. The third-order valence-corrected chi connectivity index (χ3v) is 2.99. The number of likely N-dealkylation sites (N-methyl/N-ethyl adjacent to an activating group) is 2. The molecule has 1 atom stereocenters. The van der Waals surface area contributed by atoms with Gasteiger partial charge in [-0.15, -0.1) is 0 Å². The van der Waals surface area contributed by atoms with Gasteiger partial charge in [0.05, 0.1) is 13.2 Å². The van der Waals surface area contributed by atoms with Crippen molar-refractivity contribution >= 4 is 0 Å². The van der Waals surface area contributed by atoms with Gasteiger partial charge in [-0.05, 0) is 38.2 Å². The Hall–Kier alpha value is -1.20. The summed E-state index contributed by atoms with van der Waals surface area (Å²) in [5.41, 5.74) is 1.08. The second kappa shape index (κ2) is 8.87. The number of nitrogens with zero attached hydrogens (tertiary/aromatic N) is 1. The monoisotopic (exact) mass is 286 g/mol. The van der Waals surface area contributed by atoms with Crippen molar-refractivity contribution in [1.29, 1.82) is 0 Å². The summed E-state index contributed by atoms with van der Waals surface area (Å²) in [5, 5.41) is 3.33. The standard InChI is InChI=1S/C15H24F2N2O/c1-4-18-14(10-19(3)11-15(16)17)12-6-8-13(9-7-12)20-5-2/h6-9,14-15,18H,4-5,10-11H2,1-3H3. The van der Waals surface area contributed by atoms with Crippen LogP contribution in [0.15, 0.2) is 24.3 Å². The van der Waals surface area contributed by atoms with E-state index in [1.165, 1.54) is 0 Å². The minimum atomic E-state index is -2.30. The fourth-order valence-electron chi connectivity index (χ4n) is 2.12. The minimum Gasteiger partial charge on any atom is -0.494 e. The van der Waals surface area contributed by atoms with Crippen LogP contribution >= 0.6 is 0 Å². The summed E-state index contributed by atoms with van der Waals surface area (Å²) in [6.07, 6.45) is -2.30. The molecule has 0 fully saturated rings. The van der Waals surface area contributed by atoms with E-state index < -0.39 is 6.43 Å². The highest BCUT2D eigenvalue weighted by atomic mass is 19.3. The molecule has 0 amide bonds. The number of halogens is 2. The maximum Gasteiger partial charge on any atom is 0.251 e. The Morgan fingerprint density at radius 1 is 1.15 bits per heavy atom. The topological polar surface area (TPSA) is 24.5 Å². The predicted octanol–water partition coefficient (Wildman–Crippen LogP) is 2.93. The maximum absolute atomic E-state index is 12.4. The molecule has 0 heterocycles. The van der Waals surface area contributed by atoms with Gasteiger partial charge < -0.3 is 10.1 Å². The van der Waals surface area contributed by atoms with Crippen LogP contribution in [0.5, 0.6) is 5.75 Å². The maximum atomic E-state index is 12.4. The molecule has 0 bridgehead atoms. The Morgan fingerprint density at radius 3 is 2.30 bits per heavy atom. The van der Waals surface area contributed by atoms with E-state index in [-0.39, 0.29) is 12.6 Å². The van der Waals surface area contributed by atoms with Gasteiger partial charge in [0.15, 0.2) is 0 Å². The van der Waals surface area contributed by atoms with Gasteiger partial charge >= 0.3 is 0 Å². The van der Waals surface area contributed by atoms with Crippen molar-refractivity contribution in [3.63, 3.8) is 0 Å². The van der Waals surface area contributed by atoms with E-state index in [9.17, 15) is 8.78 Å². The summed E-state index contributed by atoms with van der Waals surface area (Å²) in [6, 6.07) is 7.83. The molecule has 0 aliphatic rings. The highest BCUT2D eigenvalue weighted by Crippen LogP contribution is 2.19. The van der Waals surface area contributed by atoms with Crippen LogP contribution in [0, 0.1) is 0 Å². The van der Waals surface area contributed by atoms with Crippen molar-refractivity contribution in [3.05, 3.63) is 29.8 Å². The SMILES string of the molecule is CCNC(CN(C)CC(F)F)c1ccc(OCC)cc1. The van der Waals surface area contributed by atoms with Crippen molar-refractivity contribution in [3.8, 4) is 5.75 Å². The van der Waals surface area contributed by atoms with Crippen molar-refractivity contribution in [2.75, 3.05) is 33.3 Å². The number of ether oxygens (including phenoxy) is 1. The number of hydrogen-bond donors (Lipinski definition) is 1. The molecule has 0 saturated carbocycles. The van der Waals surface area contributed by atoms with Crippen LogP contribution in [-0.2, 0) is 0 Å². The summed E-state index contributed by atoms with van der Waals surface area (Å²) in [6.45, 7) is 5.71. The third kappa shape index (κ3) is 5.84. The summed E-state index contributed by atoms with van der Waals surface area (Å²) >= 11 is 0. The molecule has 1 aromatic carbocycles. The molecule has 0 saturated heterocycles. The van der Waals surface area contributed by atoms with Crippen molar-refractivity contribution in [1.82, 2.24) is 10.2 Å². The van der Waals surface area contributed by atoms with E-state index in [2.05, 4.69) is 5.32 Å². The Bertz CT molecular complexity index is 371. The number of rotatable bonds is 9. The largest absolute Gasteiger partial charge is 0.494 e. The van der Waals surface area contributed by atoms with Crippen LogP contribution in [0.2, 0.25) is 0 Å². The lowest BCUT2D eigenvalue weighted by molar-refractivity contribution is 0.0959. The van der Waals surface area contributed by atoms with Gasteiger partial charge in [0.2, 0.25) is 0 Å². The molecule has 1 N–H and O–H groups in total. The first kappa shape index (κ1) is 16.9. The molecule has 5 heteroatoms. The average Bonchev–Trinajstić information content (AvgIpc) is 2.38. The number of benzene rings is 1. The van der Waals surface area contributed by atoms with E-state index >= 15 is 0 Å². The first-order valence-corrected chi connectivity index (χ1v) is 6.99. The number of alkyl halides is 2. The Morgan fingerprint density at radius 2 is 1.80 bits per heavy atom. The Kier molecular flexibility index (Phi) is 7.47. The first-order chi connectivity index (χ1) is 9.56. The molecule has 114 valence electrons. The van der Waals surface area contributed by atoms with Crippen LogP contribution < -0.4 is 10.1 Å². The van der Waals surface area contributed by atoms with E-state index in [0.717, 1.165) is 17.9 Å². The molecular formula is C15H24F2N2O. The second-order valence-electron chi connectivity index (χ2n) is 4.72. The lowest BCUT2D eigenvalue weighted by Gasteiger charge is -2.25. The van der Waals surface area contributed by atoms with Gasteiger partial charge in [-0.3, -0.25) is 4.90 Å². The lowest BCUT2D eigenvalue weighted by Crippen LogP contribution is -2.35. The highest BCUT2D eigenvalue weighted by molar-refractivity contribution is 5.29. The van der Waals surface area contributed by atoms with Crippen LogP contribution in [-0.4, -0.2) is 44.6 Å². The molecule has 20 heavy (non-hydrogen) atoms. The van der Waals surface area contributed by atoms with Crippen molar-refractivity contribution in [2.24, 2.45) is 0 Å². The minimum absolute atomic E-state index is 0.0411. The van der Waals surface area contributed by atoms with Crippen LogP contribution in [0.3, 0.4) is 0 Å². The molecule has 1 rings (SSSR count). The van der Waals surface area contributed by atoms with Gasteiger partial charge in [0, 0.05) is 12.6 Å². The van der Waals surface area contributed by atoms with Gasteiger partial charge in [0.25, 0.3) is 6.43 Å². The van der Waals surface area contributed by atoms with Gasteiger partial charge in [-0.25, -0.2) is 8.78 Å². The van der Waals surface area contributed by atoms with Gasteiger partial charge in [-0.2, -0.15) is 0 Å². The zero-order chi connectivity index (χ0) is 15.0. The summed E-state index contributed by atoms with van der Waals surface area (Å²) in [4.78, 5) is 1.65. The van der Waals surface area contributed by atoms with Crippen LogP contribution in [0.1, 0.15) is 25.5 Å². The molecule has 0 aromatic heterocycles. The van der Waals surface area contributed by atoms with Gasteiger partial charge in [-0.1, -0.05) is 19.1 Å². The molecule has 1 aromatic rings. The molecule has 0 radical (unpaired) electrons. The molecule has 0 aliphatic heterocycles. The normalized spacial score (nSPS) is 12.9. The number of nitrogens with one attached hydrogen (secondary N) is 1. The Labute approximate surface area is 119 Å². The zero-order valence-corrected chi connectivity index (χ0v) is 12.4. The molecule has 0 aliphatic carbocycles. The van der Waals surface area contributed by atoms with E-state index in [1.54, 1.807) is 11.9 Å². The molecule has 3 nitrogen and oxygen atoms in total. The zero-order valence-electron chi connectivity index (χ0n) is 12.4. The third-order valence-electron chi connectivity index (χ3n) is 2.99. The van der Waals surface area contributed by atoms with Crippen molar-refractivity contribution in [2.45, 2.75) is 26.3 Å². The van der Waals surface area contributed by atoms with E-state index in [4.69, 9.17) is 4.74 Å². The molecular weight excluding hydrogens is 262 g/mol. The van der Waals surface area contributed by atoms with E-state index in [0.29, 0.717) is 13.2 Å². The van der Waals surface area contributed by atoms with Crippen LogP contribution in [0.25, 0.3) is 0 Å². The second-order valence-corrected chi connectivity index (χ2v) is 4.72. The van der Waals surface area contributed by atoms with Crippen LogP contribution in [0.4, 0.5) is 8.78 Å². The quantitative estimate of drug-likeness (QED) is 0.755.